The Morgan fingerprint density at radius 2 is 1.26 bits per heavy atom. The molecule has 8 heteroatoms. The molecule has 186 valence electrons. The minimum absolute atomic E-state index is 0.528. The molecule has 0 unspecified atom stereocenters. The number of nitrogens with zero attached hydrogens (tertiary/aromatic N) is 6. The molecule has 0 bridgehead atoms. The van der Waals surface area contributed by atoms with Gasteiger partial charge in [-0.2, -0.15) is 10.1 Å². The molecular weight excluding hydrogens is 509 g/mol. The first kappa shape index (κ1) is 25.4. The molecule has 0 amide bonds. The van der Waals surface area contributed by atoms with Gasteiger partial charge < -0.3 is 0 Å². The molecule has 1 aliphatic heterocycles. The molecule has 1 fully saturated rings. The maximum Gasteiger partial charge on any atom is 0.211 e. The third-order valence-corrected chi connectivity index (χ3v) is 6.76. The van der Waals surface area contributed by atoms with Crippen molar-refractivity contribution in [2.75, 3.05) is 11.2 Å². The molecule has 0 radical (unpaired) electrons. The highest BCUT2D eigenvalue weighted by atomic mass is 32.2. The molecule has 1 saturated heterocycles. The standard InChI is InChI=1S/C30H24N6S2/c1-37-29(35-31-22-23-14-6-2-7-15-23)34-30-36(26-20-12-5-13-21-26)27(32-24-16-8-3-9-17-24)28(38-30)33-25-18-10-4-11-19-25/h2-22H,1H3. The third kappa shape index (κ3) is 6.53. The summed E-state index contributed by atoms with van der Waals surface area (Å²) < 4.78 is 0. The summed E-state index contributed by atoms with van der Waals surface area (Å²) >= 11 is 2.89. The van der Waals surface area contributed by atoms with Crippen LogP contribution < -0.4 is 4.90 Å². The van der Waals surface area contributed by atoms with E-state index in [1.807, 2.05) is 132 Å². The van der Waals surface area contributed by atoms with Crippen LogP contribution in [-0.2, 0) is 0 Å². The number of amidine groups is 3. The summed E-state index contributed by atoms with van der Waals surface area (Å²) in [6.07, 6.45) is 3.66. The molecule has 5 rings (SSSR count). The Morgan fingerprint density at radius 3 is 1.87 bits per heavy atom. The molecule has 0 N–H and O–H groups in total. The van der Waals surface area contributed by atoms with Crippen LogP contribution in [0.4, 0.5) is 17.1 Å². The van der Waals surface area contributed by atoms with Gasteiger partial charge in [-0.05, 0) is 60.0 Å². The number of anilines is 1. The van der Waals surface area contributed by atoms with E-state index in [0.717, 1.165) is 27.7 Å². The van der Waals surface area contributed by atoms with Gasteiger partial charge in [0.05, 0.1) is 17.6 Å². The predicted octanol–water partition coefficient (Wildman–Crippen LogP) is 7.81. The Hall–Kier alpha value is -4.27. The van der Waals surface area contributed by atoms with E-state index >= 15 is 0 Å². The molecular formula is C30H24N6S2. The Labute approximate surface area is 230 Å². The van der Waals surface area contributed by atoms with E-state index in [4.69, 9.17) is 15.0 Å². The number of aliphatic imine (C=N–C) groups is 3. The molecule has 4 aromatic rings. The van der Waals surface area contributed by atoms with Gasteiger partial charge in [-0.1, -0.05) is 96.7 Å². The highest BCUT2D eigenvalue weighted by molar-refractivity contribution is 8.29. The molecule has 0 atom stereocenters. The molecule has 38 heavy (non-hydrogen) atoms. The Morgan fingerprint density at radius 1 is 0.711 bits per heavy atom. The Kier molecular flexibility index (Phi) is 8.55. The molecule has 1 aliphatic rings. The highest BCUT2D eigenvalue weighted by Gasteiger charge is 2.35. The predicted molar refractivity (Wildman–Crippen MR) is 166 cm³/mol. The van der Waals surface area contributed by atoms with Gasteiger partial charge in [0.25, 0.3) is 0 Å². The normalized spacial score (nSPS) is 17.2. The fraction of sp³-hybridized carbons (Fsp3) is 0.0333. The average Bonchev–Trinajstić information content (AvgIpc) is 3.30. The van der Waals surface area contributed by atoms with Crippen molar-refractivity contribution >= 4 is 68.0 Å². The summed E-state index contributed by atoms with van der Waals surface area (Å²) in [7, 11) is 0. The smallest absolute Gasteiger partial charge is 0.211 e. The lowest BCUT2D eigenvalue weighted by atomic mass is 10.2. The first-order valence-corrected chi connectivity index (χ1v) is 13.9. The van der Waals surface area contributed by atoms with Crippen LogP contribution in [0.15, 0.2) is 147 Å². The summed E-state index contributed by atoms with van der Waals surface area (Å²) in [4.78, 5) is 16.9. The summed E-state index contributed by atoms with van der Waals surface area (Å²) in [6.45, 7) is 0. The molecule has 0 aromatic heterocycles. The van der Waals surface area contributed by atoms with Crippen LogP contribution in [0.5, 0.6) is 0 Å². The Bertz CT molecular complexity index is 1500. The largest absolute Gasteiger partial charge is 0.271 e. The van der Waals surface area contributed by atoms with Crippen molar-refractivity contribution in [3.63, 3.8) is 0 Å². The van der Waals surface area contributed by atoms with Gasteiger partial charge in [-0.3, -0.25) is 4.90 Å². The lowest BCUT2D eigenvalue weighted by molar-refractivity contribution is 1.25. The first-order chi connectivity index (χ1) is 18.8. The zero-order valence-corrected chi connectivity index (χ0v) is 22.3. The van der Waals surface area contributed by atoms with Crippen LogP contribution >= 0.6 is 23.5 Å². The van der Waals surface area contributed by atoms with Crippen LogP contribution in [0, 0.1) is 0 Å². The van der Waals surface area contributed by atoms with Gasteiger partial charge in [-0.15, -0.1) is 5.10 Å². The van der Waals surface area contributed by atoms with Gasteiger partial charge in [0.2, 0.25) is 5.17 Å². The number of thioether (sulfide) groups is 2. The quantitative estimate of drug-likeness (QED) is 0.150. The zero-order valence-electron chi connectivity index (χ0n) is 20.6. The second-order valence-electron chi connectivity index (χ2n) is 7.93. The maximum atomic E-state index is 5.01. The molecule has 0 spiro atoms. The van der Waals surface area contributed by atoms with Crippen molar-refractivity contribution in [1.29, 1.82) is 0 Å². The van der Waals surface area contributed by atoms with E-state index in [-0.39, 0.29) is 0 Å². The molecule has 1 heterocycles. The summed E-state index contributed by atoms with van der Waals surface area (Å²) in [5.74, 6) is 0.697. The van der Waals surface area contributed by atoms with E-state index in [1.54, 1.807) is 6.21 Å². The van der Waals surface area contributed by atoms with Crippen LogP contribution in [0.1, 0.15) is 5.56 Å². The van der Waals surface area contributed by atoms with Gasteiger partial charge in [-0.25, -0.2) is 9.98 Å². The summed E-state index contributed by atoms with van der Waals surface area (Å²) in [5.41, 5.74) is 3.58. The second kappa shape index (κ2) is 12.8. The van der Waals surface area contributed by atoms with E-state index in [2.05, 4.69) is 10.2 Å². The SMILES string of the molecule is CSC(=NN=Cc1ccccc1)N=C1SC(=Nc2ccccc2)C(=Nc2ccccc2)N1c1ccccc1. The number of rotatable bonds is 5. The van der Waals surface area contributed by atoms with Crippen molar-refractivity contribution < 1.29 is 0 Å². The van der Waals surface area contributed by atoms with Crippen molar-refractivity contribution in [2.45, 2.75) is 0 Å². The summed E-state index contributed by atoms with van der Waals surface area (Å²) in [5, 5.41) is 10.6. The number of para-hydroxylation sites is 3. The van der Waals surface area contributed by atoms with Gasteiger partial charge in [0.15, 0.2) is 11.0 Å². The van der Waals surface area contributed by atoms with E-state index in [1.165, 1.54) is 23.5 Å². The highest BCUT2D eigenvalue weighted by Crippen LogP contribution is 2.33. The minimum atomic E-state index is 0.528. The number of benzene rings is 4. The van der Waals surface area contributed by atoms with E-state index in [9.17, 15) is 0 Å². The third-order valence-electron chi connectivity index (χ3n) is 5.30. The van der Waals surface area contributed by atoms with E-state index < -0.39 is 0 Å². The first-order valence-electron chi connectivity index (χ1n) is 11.9. The topological polar surface area (TPSA) is 65.0 Å². The Balaban J connectivity index is 1.60. The molecule has 4 aromatic carbocycles. The molecule has 0 aliphatic carbocycles. The minimum Gasteiger partial charge on any atom is -0.271 e. The number of hydrogen-bond acceptors (Lipinski definition) is 6. The van der Waals surface area contributed by atoms with Gasteiger partial charge >= 0.3 is 0 Å². The molecule has 0 saturated carbocycles. The average molecular weight is 533 g/mol. The van der Waals surface area contributed by atoms with Crippen molar-refractivity contribution in [2.24, 2.45) is 25.2 Å². The van der Waals surface area contributed by atoms with Crippen molar-refractivity contribution in [1.82, 2.24) is 0 Å². The fourth-order valence-electron chi connectivity index (χ4n) is 3.54. The second-order valence-corrected chi connectivity index (χ2v) is 9.66. The van der Waals surface area contributed by atoms with E-state index in [0.29, 0.717) is 16.2 Å². The summed E-state index contributed by atoms with van der Waals surface area (Å²) in [6, 6.07) is 39.7. The van der Waals surface area contributed by atoms with Crippen LogP contribution in [0.3, 0.4) is 0 Å². The zero-order chi connectivity index (χ0) is 26.0. The monoisotopic (exact) mass is 532 g/mol. The number of hydrogen-bond donors (Lipinski definition) is 0. The van der Waals surface area contributed by atoms with Gasteiger partial charge in [0.1, 0.15) is 5.04 Å². The van der Waals surface area contributed by atoms with Crippen molar-refractivity contribution in [3.8, 4) is 0 Å². The van der Waals surface area contributed by atoms with Gasteiger partial charge in [0, 0.05) is 5.69 Å². The fourth-order valence-corrected chi connectivity index (χ4v) is 4.87. The maximum absolute atomic E-state index is 5.01. The molecule has 6 nitrogen and oxygen atoms in total. The lowest BCUT2D eigenvalue weighted by Gasteiger charge is -2.18. The van der Waals surface area contributed by atoms with Crippen molar-refractivity contribution in [3.05, 3.63) is 127 Å². The van der Waals surface area contributed by atoms with Crippen LogP contribution in [0.25, 0.3) is 0 Å². The van der Waals surface area contributed by atoms with Crippen LogP contribution in [0.2, 0.25) is 0 Å². The van der Waals surface area contributed by atoms with Crippen LogP contribution in [-0.4, -0.2) is 33.7 Å². The lowest BCUT2D eigenvalue weighted by Crippen LogP contribution is -2.31.